The van der Waals surface area contributed by atoms with Crippen molar-refractivity contribution in [1.82, 2.24) is 19.5 Å². The van der Waals surface area contributed by atoms with Crippen LogP contribution in [0.1, 0.15) is 22.3 Å². The van der Waals surface area contributed by atoms with Gasteiger partial charge in [0.05, 0.1) is 63.3 Å². The van der Waals surface area contributed by atoms with E-state index in [1.165, 1.54) is 12.1 Å². The highest BCUT2D eigenvalue weighted by molar-refractivity contribution is 6.12. The molecule has 0 aliphatic heterocycles. The fraction of sp³-hybridized carbons (Fsp3) is 0. The Bertz CT molecular complexity index is 3470. The van der Waals surface area contributed by atoms with E-state index in [0.29, 0.717) is 56.4 Å². The third kappa shape index (κ3) is 6.94. The summed E-state index contributed by atoms with van der Waals surface area (Å²) in [6, 6.07) is 62.9. The van der Waals surface area contributed by atoms with E-state index < -0.39 is 0 Å². The average molecular weight is 821 g/mol. The van der Waals surface area contributed by atoms with Gasteiger partial charge in [-0.3, -0.25) is 0 Å². The monoisotopic (exact) mass is 820 g/mol. The number of aromatic nitrogens is 4. The second-order valence-electron chi connectivity index (χ2n) is 15.0. The highest BCUT2D eigenvalue weighted by Crippen LogP contribution is 2.42. The van der Waals surface area contributed by atoms with Crippen LogP contribution in [-0.2, 0) is 0 Å². The summed E-state index contributed by atoms with van der Waals surface area (Å²) in [7, 11) is 0. The Hall–Kier alpha value is -9.54. The van der Waals surface area contributed by atoms with Gasteiger partial charge in [0.15, 0.2) is 17.5 Å². The Kier molecular flexibility index (Phi) is 9.75. The lowest BCUT2D eigenvalue weighted by Gasteiger charge is -2.17. The zero-order chi connectivity index (χ0) is 43.7. The fourth-order valence-corrected chi connectivity index (χ4v) is 8.19. The van der Waals surface area contributed by atoms with Crippen LogP contribution in [0.25, 0.3) is 95.0 Å². The Balaban J connectivity index is 1.29. The van der Waals surface area contributed by atoms with Crippen LogP contribution < -0.4 is 0 Å². The first-order chi connectivity index (χ1) is 31.4. The Morgan fingerprint density at radius 2 is 0.828 bits per heavy atom. The average Bonchev–Trinajstić information content (AvgIpc) is 3.69. The molecule has 0 spiro atoms. The topological polar surface area (TPSA) is 139 Å². The maximum absolute atomic E-state index is 14.3. The summed E-state index contributed by atoms with van der Waals surface area (Å²) < 4.78 is 16.4. The number of hydrogen-bond donors (Lipinski definition) is 0. The number of hydrogen-bond acceptors (Lipinski definition) is 7. The SMILES string of the molecule is N#Cc1ccc(-c2ccc3c(c2)c2cc(-c4ccc(C#N)cc4C#N)ccc2n3-c2cc(-c3ccc(F)cc3)ccc2-c2nc(-c3ccccc3)nc(-c3ccccc3)n2)c(C#N)c1. The summed E-state index contributed by atoms with van der Waals surface area (Å²) >= 11 is 0. The smallest absolute Gasteiger partial charge is 0.166 e. The zero-order valence-electron chi connectivity index (χ0n) is 33.7. The predicted molar refractivity (Wildman–Crippen MR) is 246 cm³/mol. The summed E-state index contributed by atoms with van der Waals surface area (Å²) in [4.78, 5) is 15.2. The molecule has 0 atom stereocenters. The molecule has 2 heterocycles. The third-order valence-electron chi connectivity index (χ3n) is 11.3. The lowest BCUT2D eigenvalue weighted by Crippen LogP contribution is -2.04. The molecule has 0 aliphatic carbocycles. The number of nitrogens with zero attached hydrogens (tertiary/aromatic N) is 8. The first-order valence-electron chi connectivity index (χ1n) is 20.2. The molecular weight excluding hydrogens is 792 g/mol. The predicted octanol–water partition coefficient (Wildman–Crippen LogP) is 12.6. The molecule has 0 N–H and O–H groups in total. The first kappa shape index (κ1) is 38.6. The largest absolute Gasteiger partial charge is 0.308 e. The molecule has 2 aromatic heterocycles. The van der Waals surface area contributed by atoms with Gasteiger partial charge in [-0.1, -0.05) is 103 Å². The summed E-state index contributed by atoms with van der Waals surface area (Å²) in [6.45, 7) is 0. The molecule has 0 bridgehead atoms. The van der Waals surface area contributed by atoms with Crippen molar-refractivity contribution in [3.63, 3.8) is 0 Å². The Morgan fingerprint density at radius 3 is 1.31 bits per heavy atom. The van der Waals surface area contributed by atoms with Crippen LogP contribution >= 0.6 is 0 Å². The summed E-state index contributed by atoms with van der Waals surface area (Å²) in [5.41, 5.74) is 10.7. The number of halogens is 1. The van der Waals surface area contributed by atoms with Gasteiger partial charge in [0.25, 0.3) is 0 Å². The van der Waals surface area contributed by atoms with Crippen LogP contribution in [0.2, 0.25) is 0 Å². The third-order valence-corrected chi connectivity index (χ3v) is 11.3. The van der Waals surface area contributed by atoms with Crippen molar-refractivity contribution in [3.05, 3.63) is 204 Å². The molecule has 10 aromatic rings. The number of fused-ring (bicyclic) bond motifs is 3. The van der Waals surface area contributed by atoms with Crippen LogP contribution in [0.4, 0.5) is 4.39 Å². The molecule has 8 aromatic carbocycles. The van der Waals surface area contributed by atoms with Crippen molar-refractivity contribution in [2.75, 3.05) is 0 Å². The van der Waals surface area contributed by atoms with E-state index in [-0.39, 0.29) is 5.82 Å². The Morgan fingerprint density at radius 1 is 0.375 bits per heavy atom. The molecule has 296 valence electrons. The number of rotatable bonds is 7. The lowest BCUT2D eigenvalue weighted by molar-refractivity contribution is 0.628. The fourth-order valence-electron chi connectivity index (χ4n) is 8.19. The molecule has 0 saturated carbocycles. The quantitative estimate of drug-likeness (QED) is 0.156. The lowest BCUT2D eigenvalue weighted by atomic mass is 9.95. The molecule has 0 radical (unpaired) electrons. The van der Waals surface area contributed by atoms with Crippen LogP contribution in [-0.4, -0.2) is 19.5 Å². The molecule has 10 rings (SSSR count). The first-order valence-corrected chi connectivity index (χ1v) is 20.2. The molecular formula is C55H29FN8. The van der Waals surface area contributed by atoms with Crippen molar-refractivity contribution in [2.24, 2.45) is 0 Å². The van der Waals surface area contributed by atoms with Gasteiger partial charge in [-0.15, -0.1) is 0 Å². The van der Waals surface area contributed by atoms with Crippen molar-refractivity contribution in [3.8, 4) is 97.5 Å². The molecule has 9 heteroatoms. The van der Waals surface area contributed by atoms with Crippen molar-refractivity contribution < 1.29 is 4.39 Å². The van der Waals surface area contributed by atoms with Gasteiger partial charge in [-0.2, -0.15) is 21.0 Å². The zero-order valence-corrected chi connectivity index (χ0v) is 33.7. The van der Waals surface area contributed by atoms with Crippen molar-refractivity contribution >= 4 is 21.8 Å². The number of benzene rings is 8. The van der Waals surface area contributed by atoms with E-state index in [1.807, 2.05) is 109 Å². The molecule has 0 amide bonds. The molecule has 64 heavy (non-hydrogen) atoms. The van der Waals surface area contributed by atoms with Gasteiger partial charge in [0.1, 0.15) is 5.82 Å². The second-order valence-corrected chi connectivity index (χ2v) is 15.0. The van der Waals surface area contributed by atoms with Gasteiger partial charge >= 0.3 is 0 Å². The highest BCUT2D eigenvalue weighted by Gasteiger charge is 2.22. The van der Waals surface area contributed by atoms with Crippen LogP contribution in [0.15, 0.2) is 176 Å². The van der Waals surface area contributed by atoms with Crippen molar-refractivity contribution in [2.45, 2.75) is 0 Å². The van der Waals surface area contributed by atoms with Gasteiger partial charge in [0.2, 0.25) is 0 Å². The Labute approximate surface area is 366 Å². The van der Waals surface area contributed by atoms with Gasteiger partial charge in [0, 0.05) is 27.5 Å². The van der Waals surface area contributed by atoms with Gasteiger partial charge in [-0.25, -0.2) is 19.3 Å². The van der Waals surface area contributed by atoms with E-state index in [4.69, 9.17) is 15.0 Å². The minimum Gasteiger partial charge on any atom is -0.308 e. The standard InChI is InChI=1S/C55H29FN8/c56-44-18-13-36(14-19-44)39-15-22-47(55-62-53(37-7-3-1-4-8-37)61-54(63-55)38-9-5-2-6-10-38)52(29-39)64-50-23-16-40(45-20-11-34(30-57)25-42(45)32-59)27-48(50)49-28-41(17-24-51(49)64)46-21-12-35(31-58)26-43(46)33-60/h1-29H. The minimum absolute atomic E-state index is 0.342. The van der Waals surface area contributed by atoms with E-state index >= 15 is 0 Å². The second kappa shape index (κ2) is 16.1. The maximum Gasteiger partial charge on any atom is 0.166 e. The highest BCUT2D eigenvalue weighted by atomic mass is 19.1. The van der Waals surface area contributed by atoms with E-state index in [9.17, 15) is 25.4 Å². The molecule has 0 fully saturated rings. The summed E-state index contributed by atoms with van der Waals surface area (Å²) in [6.07, 6.45) is 0. The van der Waals surface area contributed by atoms with E-state index in [2.05, 4.69) is 34.9 Å². The van der Waals surface area contributed by atoms with Crippen LogP contribution in [0, 0.1) is 51.1 Å². The van der Waals surface area contributed by atoms with Crippen LogP contribution in [0.5, 0.6) is 0 Å². The van der Waals surface area contributed by atoms with Crippen molar-refractivity contribution in [1.29, 1.82) is 21.0 Å². The molecule has 0 unspecified atom stereocenters. The van der Waals surface area contributed by atoms with Gasteiger partial charge < -0.3 is 4.57 Å². The maximum atomic E-state index is 14.3. The number of nitriles is 4. The molecule has 0 saturated heterocycles. The van der Waals surface area contributed by atoms with E-state index in [1.54, 1.807) is 48.5 Å². The van der Waals surface area contributed by atoms with Crippen LogP contribution in [0.3, 0.4) is 0 Å². The normalized spacial score (nSPS) is 10.8. The molecule has 8 nitrogen and oxygen atoms in total. The van der Waals surface area contributed by atoms with Gasteiger partial charge in [-0.05, 0) is 106 Å². The summed E-state index contributed by atoms with van der Waals surface area (Å²) in [5.74, 6) is 1.09. The summed E-state index contributed by atoms with van der Waals surface area (Å²) in [5, 5.41) is 41.3. The van der Waals surface area contributed by atoms with E-state index in [0.717, 1.165) is 60.9 Å². The minimum atomic E-state index is -0.342. The molecule has 0 aliphatic rings.